The summed E-state index contributed by atoms with van der Waals surface area (Å²) in [6.45, 7) is 0.978. The van der Waals surface area contributed by atoms with Gasteiger partial charge in [-0.2, -0.15) is 0 Å². The fourth-order valence-electron chi connectivity index (χ4n) is 3.29. The predicted octanol–water partition coefficient (Wildman–Crippen LogP) is 2.51. The van der Waals surface area contributed by atoms with Gasteiger partial charge in [-0.15, -0.1) is 0 Å². The van der Waals surface area contributed by atoms with Crippen LogP contribution in [-0.4, -0.2) is 32.3 Å². The Labute approximate surface area is 134 Å². The summed E-state index contributed by atoms with van der Waals surface area (Å²) in [5.74, 6) is 1.11. The Morgan fingerprint density at radius 1 is 1.17 bits per heavy atom. The number of benzene rings is 1. The molecule has 23 heavy (non-hydrogen) atoms. The second-order valence-electron chi connectivity index (χ2n) is 5.92. The monoisotopic (exact) mass is 314 g/mol. The molecule has 1 aromatic rings. The van der Waals surface area contributed by atoms with Crippen LogP contribution in [0.1, 0.15) is 10.4 Å². The third-order valence-corrected chi connectivity index (χ3v) is 4.46. The highest BCUT2D eigenvalue weighted by molar-refractivity contribution is 5.89. The molecule has 3 aliphatic rings. The number of esters is 1. The fourth-order valence-corrected chi connectivity index (χ4v) is 3.29. The van der Waals surface area contributed by atoms with E-state index in [0.29, 0.717) is 23.8 Å². The van der Waals surface area contributed by atoms with Gasteiger partial charge in [0.2, 0.25) is 6.29 Å². The third-order valence-electron chi connectivity index (χ3n) is 4.46. The maximum Gasteiger partial charge on any atom is 0.338 e. The molecule has 0 radical (unpaired) electrons. The van der Waals surface area contributed by atoms with Crippen molar-refractivity contribution in [2.45, 2.75) is 6.29 Å². The first-order chi connectivity index (χ1) is 11.3. The molecule has 120 valence electrons. The van der Waals surface area contributed by atoms with Crippen LogP contribution in [0.2, 0.25) is 0 Å². The molecule has 0 N–H and O–H groups in total. The molecule has 5 heteroatoms. The maximum absolute atomic E-state index is 12.0. The van der Waals surface area contributed by atoms with Gasteiger partial charge >= 0.3 is 5.97 Å². The van der Waals surface area contributed by atoms with Gasteiger partial charge in [-0.25, -0.2) is 4.79 Å². The van der Waals surface area contributed by atoms with Gasteiger partial charge in [0.25, 0.3) is 0 Å². The summed E-state index contributed by atoms with van der Waals surface area (Å²) in [4.78, 5) is 12.0. The van der Waals surface area contributed by atoms with Crippen LogP contribution in [0.4, 0.5) is 0 Å². The minimum absolute atomic E-state index is 0.115. The number of allylic oxidation sites excluding steroid dienone is 1. The molecule has 4 rings (SSSR count). The number of hydrogen-bond acceptors (Lipinski definition) is 5. The summed E-state index contributed by atoms with van der Waals surface area (Å²) >= 11 is 0. The van der Waals surface area contributed by atoms with Gasteiger partial charge in [-0.3, -0.25) is 0 Å². The SMILES string of the molecule is O=C(OCC1=C[C@H]2[C@@H]3C=C[C@H]2COCO[C@@H]3O1)c1ccccc1. The molecular weight excluding hydrogens is 296 g/mol. The lowest BCUT2D eigenvalue weighted by Crippen LogP contribution is -2.39. The molecule has 1 fully saturated rings. The largest absolute Gasteiger partial charge is 0.465 e. The molecule has 4 atom stereocenters. The van der Waals surface area contributed by atoms with Crippen LogP contribution in [0, 0.1) is 17.8 Å². The van der Waals surface area contributed by atoms with Crippen molar-refractivity contribution in [1.29, 1.82) is 0 Å². The van der Waals surface area contributed by atoms with Gasteiger partial charge < -0.3 is 18.9 Å². The molecule has 4 bridgehead atoms. The van der Waals surface area contributed by atoms with E-state index in [0.717, 1.165) is 0 Å². The van der Waals surface area contributed by atoms with E-state index in [1.54, 1.807) is 12.1 Å². The number of carbonyl (C=O) groups excluding carboxylic acids is 1. The molecule has 0 unspecified atom stereocenters. The van der Waals surface area contributed by atoms with Gasteiger partial charge in [0.1, 0.15) is 12.4 Å². The van der Waals surface area contributed by atoms with Crippen molar-refractivity contribution in [1.82, 2.24) is 0 Å². The molecule has 2 aliphatic heterocycles. The summed E-state index contributed by atoms with van der Waals surface area (Å²) in [6, 6.07) is 8.93. The number of ether oxygens (including phenoxy) is 4. The fraction of sp³-hybridized carbons (Fsp3) is 0.389. The number of carbonyl (C=O) groups is 1. The van der Waals surface area contributed by atoms with E-state index in [9.17, 15) is 4.79 Å². The Balaban J connectivity index is 1.45. The molecule has 5 nitrogen and oxygen atoms in total. The lowest BCUT2D eigenvalue weighted by molar-refractivity contribution is -0.223. The lowest BCUT2D eigenvalue weighted by atomic mass is 9.85. The molecule has 2 heterocycles. The Morgan fingerprint density at radius 2 is 2.04 bits per heavy atom. The zero-order chi connectivity index (χ0) is 15.6. The number of hydrogen-bond donors (Lipinski definition) is 0. The third kappa shape index (κ3) is 2.90. The highest BCUT2D eigenvalue weighted by Crippen LogP contribution is 2.41. The molecule has 0 spiro atoms. The molecule has 0 aromatic heterocycles. The predicted molar refractivity (Wildman–Crippen MR) is 81.2 cm³/mol. The molecule has 1 aliphatic carbocycles. The van der Waals surface area contributed by atoms with Gasteiger partial charge in [-0.05, 0) is 18.2 Å². The van der Waals surface area contributed by atoms with E-state index in [4.69, 9.17) is 18.9 Å². The average molecular weight is 314 g/mol. The van der Waals surface area contributed by atoms with E-state index in [2.05, 4.69) is 12.2 Å². The normalized spacial score (nSPS) is 31.6. The summed E-state index contributed by atoms with van der Waals surface area (Å²) in [7, 11) is 0. The Bertz CT molecular complexity index is 636. The summed E-state index contributed by atoms with van der Waals surface area (Å²) in [5.41, 5.74) is 0.532. The van der Waals surface area contributed by atoms with Crippen molar-refractivity contribution in [3.05, 3.63) is 59.9 Å². The molecule has 0 amide bonds. The first-order valence-corrected chi connectivity index (χ1v) is 7.78. The zero-order valence-electron chi connectivity index (χ0n) is 12.6. The second kappa shape index (κ2) is 6.18. The van der Waals surface area contributed by atoms with Gasteiger partial charge in [0, 0.05) is 17.8 Å². The van der Waals surface area contributed by atoms with Crippen molar-refractivity contribution < 1.29 is 23.7 Å². The van der Waals surface area contributed by atoms with E-state index in [-0.39, 0.29) is 37.5 Å². The minimum Gasteiger partial charge on any atom is -0.465 e. The Hall–Kier alpha value is -2.11. The summed E-state index contributed by atoms with van der Waals surface area (Å²) in [5, 5.41) is 0. The van der Waals surface area contributed by atoms with E-state index < -0.39 is 0 Å². The first kappa shape index (κ1) is 14.5. The molecule has 1 aromatic carbocycles. The van der Waals surface area contributed by atoms with Crippen LogP contribution in [0.5, 0.6) is 0 Å². The minimum atomic E-state index is -0.378. The standard InChI is InChI=1S/C18H18O5/c19-17(12-4-2-1-3-5-12)21-10-14-8-16-13-6-7-15(16)18(23-14)22-11-20-9-13/h1-8,13,15-16,18H,9-11H2/t13-,15-,16+,18+/m0/s1. The average Bonchev–Trinajstić information content (AvgIpc) is 3.04. The topological polar surface area (TPSA) is 54.0 Å². The van der Waals surface area contributed by atoms with Crippen molar-refractivity contribution >= 4 is 5.97 Å². The Kier molecular flexibility index (Phi) is 3.89. The van der Waals surface area contributed by atoms with E-state index >= 15 is 0 Å². The van der Waals surface area contributed by atoms with Crippen LogP contribution < -0.4 is 0 Å². The van der Waals surface area contributed by atoms with Crippen molar-refractivity contribution in [3.8, 4) is 0 Å². The highest BCUT2D eigenvalue weighted by atomic mass is 16.8. The quantitative estimate of drug-likeness (QED) is 0.634. The van der Waals surface area contributed by atoms with Crippen LogP contribution in [0.15, 0.2) is 54.3 Å². The molecular formula is C18H18O5. The van der Waals surface area contributed by atoms with Crippen molar-refractivity contribution in [3.63, 3.8) is 0 Å². The second-order valence-corrected chi connectivity index (χ2v) is 5.92. The van der Waals surface area contributed by atoms with Crippen molar-refractivity contribution in [2.24, 2.45) is 17.8 Å². The highest BCUT2D eigenvalue weighted by Gasteiger charge is 2.42. The van der Waals surface area contributed by atoms with Gasteiger partial charge in [-0.1, -0.05) is 30.4 Å². The first-order valence-electron chi connectivity index (χ1n) is 7.78. The molecule has 0 saturated carbocycles. The smallest absolute Gasteiger partial charge is 0.338 e. The summed E-state index contributed by atoms with van der Waals surface area (Å²) < 4.78 is 22.3. The van der Waals surface area contributed by atoms with Gasteiger partial charge in [0.15, 0.2) is 6.79 Å². The van der Waals surface area contributed by atoms with Crippen molar-refractivity contribution in [2.75, 3.05) is 20.0 Å². The van der Waals surface area contributed by atoms with Gasteiger partial charge in [0.05, 0.1) is 12.2 Å². The maximum atomic E-state index is 12.0. The van der Waals surface area contributed by atoms with Crippen LogP contribution >= 0.6 is 0 Å². The van der Waals surface area contributed by atoms with E-state index in [1.165, 1.54) is 0 Å². The Morgan fingerprint density at radius 3 is 2.91 bits per heavy atom. The van der Waals surface area contributed by atoms with Crippen LogP contribution in [-0.2, 0) is 18.9 Å². The van der Waals surface area contributed by atoms with Crippen LogP contribution in [0.25, 0.3) is 0 Å². The zero-order valence-corrected chi connectivity index (χ0v) is 12.6. The lowest BCUT2D eigenvalue weighted by Gasteiger charge is -2.36. The summed E-state index contributed by atoms with van der Waals surface area (Å²) in [6.07, 6.45) is 5.97. The van der Waals surface area contributed by atoms with Crippen LogP contribution in [0.3, 0.4) is 0 Å². The number of rotatable bonds is 3. The van der Waals surface area contributed by atoms with E-state index in [1.807, 2.05) is 24.3 Å². The molecule has 1 saturated heterocycles.